The van der Waals surface area contributed by atoms with Crippen molar-refractivity contribution >= 4 is 23.9 Å². The third-order valence-electron chi connectivity index (χ3n) is 2.47. The van der Waals surface area contributed by atoms with Crippen molar-refractivity contribution in [2.75, 3.05) is 12.8 Å². The standard InChI is InChI=1S/C12H18N2OS/c1-4-9-6-7-10(8-15)11(13-5-2)14-12(9)16-3/h7-8H,4-6H2,1-3H3,(H,13,14). The summed E-state index contributed by atoms with van der Waals surface area (Å²) in [6, 6.07) is 0. The molecule has 0 radical (unpaired) electrons. The molecule has 0 aromatic heterocycles. The second-order valence-electron chi connectivity index (χ2n) is 3.42. The van der Waals surface area contributed by atoms with Gasteiger partial charge in [0.2, 0.25) is 0 Å². The maximum absolute atomic E-state index is 11.0. The first-order chi connectivity index (χ1) is 7.76. The molecule has 0 saturated carbocycles. The zero-order chi connectivity index (χ0) is 12.0. The second-order valence-corrected chi connectivity index (χ2v) is 4.24. The van der Waals surface area contributed by atoms with Gasteiger partial charge < -0.3 is 5.32 Å². The van der Waals surface area contributed by atoms with Gasteiger partial charge in [0.15, 0.2) is 6.29 Å². The molecule has 0 amide bonds. The first-order valence-electron chi connectivity index (χ1n) is 5.49. The molecule has 3 nitrogen and oxygen atoms in total. The lowest BCUT2D eigenvalue weighted by molar-refractivity contribution is -0.104. The molecule has 1 N–H and O–H groups in total. The highest BCUT2D eigenvalue weighted by atomic mass is 32.2. The zero-order valence-electron chi connectivity index (χ0n) is 10.0. The van der Waals surface area contributed by atoms with E-state index in [0.717, 1.165) is 24.2 Å². The highest BCUT2D eigenvalue weighted by Gasteiger charge is 2.14. The summed E-state index contributed by atoms with van der Waals surface area (Å²) < 4.78 is 0. The van der Waals surface area contributed by atoms with E-state index in [0.29, 0.717) is 18.0 Å². The Morgan fingerprint density at radius 1 is 1.56 bits per heavy atom. The number of carbonyl (C=O) groups is 1. The first-order valence-corrected chi connectivity index (χ1v) is 6.72. The van der Waals surface area contributed by atoms with Crippen LogP contribution in [-0.4, -0.2) is 24.9 Å². The normalized spacial score (nSPS) is 19.2. The lowest BCUT2D eigenvalue weighted by Gasteiger charge is -2.11. The van der Waals surface area contributed by atoms with Gasteiger partial charge in [-0.3, -0.25) is 9.79 Å². The van der Waals surface area contributed by atoms with Crippen LogP contribution in [0.25, 0.3) is 0 Å². The lowest BCUT2D eigenvalue weighted by atomic mass is 10.1. The van der Waals surface area contributed by atoms with Gasteiger partial charge in [-0.05, 0) is 31.6 Å². The van der Waals surface area contributed by atoms with Crippen molar-refractivity contribution in [3.8, 4) is 0 Å². The zero-order valence-corrected chi connectivity index (χ0v) is 10.9. The number of nitrogens with zero attached hydrogens (tertiary/aromatic N) is 1. The van der Waals surface area contributed by atoms with Gasteiger partial charge in [0.25, 0.3) is 0 Å². The summed E-state index contributed by atoms with van der Waals surface area (Å²) in [6.45, 7) is 4.77. The minimum absolute atomic E-state index is 0.664. The molecule has 1 aliphatic rings. The van der Waals surface area contributed by atoms with Crippen LogP contribution in [0, 0.1) is 0 Å². The van der Waals surface area contributed by atoms with E-state index in [9.17, 15) is 4.79 Å². The molecule has 0 saturated heterocycles. The van der Waals surface area contributed by atoms with Crippen molar-refractivity contribution in [2.24, 2.45) is 4.99 Å². The molecule has 0 aromatic carbocycles. The largest absolute Gasteiger partial charge is 0.335 e. The topological polar surface area (TPSA) is 41.5 Å². The number of allylic oxidation sites excluding steroid dienone is 2. The van der Waals surface area contributed by atoms with E-state index in [1.807, 2.05) is 19.3 Å². The van der Waals surface area contributed by atoms with Crippen LogP contribution in [0.3, 0.4) is 0 Å². The number of aldehydes is 1. The quantitative estimate of drug-likeness (QED) is 0.765. The Balaban J connectivity index is 3.07. The molecule has 0 spiro atoms. The summed E-state index contributed by atoms with van der Waals surface area (Å²) in [6.07, 6.45) is 6.68. The first kappa shape index (κ1) is 13.0. The Bertz CT molecular complexity index is 356. The van der Waals surface area contributed by atoms with Crippen molar-refractivity contribution in [2.45, 2.75) is 26.7 Å². The van der Waals surface area contributed by atoms with Crippen LogP contribution in [0.15, 0.2) is 27.2 Å². The second kappa shape index (κ2) is 6.53. The predicted octanol–water partition coefficient (Wildman–Crippen LogP) is 2.51. The number of nitrogens with one attached hydrogen (secondary N) is 1. The number of carbonyl (C=O) groups excluding carboxylic acids is 1. The maximum atomic E-state index is 11.0. The van der Waals surface area contributed by atoms with Crippen LogP contribution in [0.2, 0.25) is 0 Å². The highest BCUT2D eigenvalue weighted by Crippen LogP contribution is 2.23. The smallest absolute Gasteiger partial charge is 0.153 e. The van der Waals surface area contributed by atoms with E-state index >= 15 is 0 Å². The van der Waals surface area contributed by atoms with Crippen LogP contribution >= 0.6 is 11.8 Å². The Labute approximate surface area is 101 Å². The summed E-state index contributed by atoms with van der Waals surface area (Å²) in [5, 5.41) is 4.39. The van der Waals surface area contributed by atoms with Crippen LogP contribution in [-0.2, 0) is 4.79 Å². The minimum Gasteiger partial charge on any atom is -0.335 e. The number of hydrogen-bond donors (Lipinski definition) is 1. The molecule has 88 valence electrons. The Hall–Kier alpha value is -1.03. The van der Waals surface area contributed by atoms with Gasteiger partial charge in [0, 0.05) is 6.54 Å². The van der Waals surface area contributed by atoms with E-state index < -0.39 is 0 Å². The van der Waals surface area contributed by atoms with Crippen LogP contribution < -0.4 is 5.32 Å². The SMILES string of the molecule is CCN=C1NC(SC)=C(CC)CC=C1C=O. The number of thioether (sulfide) groups is 1. The molecule has 1 heterocycles. The molecule has 0 aliphatic carbocycles. The van der Waals surface area contributed by atoms with Gasteiger partial charge in [0.1, 0.15) is 5.84 Å². The van der Waals surface area contributed by atoms with Crippen molar-refractivity contribution in [1.82, 2.24) is 5.32 Å². The summed E-state index contributed by atoms with van der Waals surface area (Å²) >= 11 is 1.67. The molecule has 0 fully saturated rings. The summed E-state index contributed by atoms with van der Waals surface area (Å²) in [5.74, 6) is 0.699. The monoisotopic (exact) mass is 238 g/mol. The third-order valence-corrected chi connectivity index (χ3v) is 3.27. The molecular weight excluding hydrogens is 220 g/mol. The van der Waals surface area contributed by atoms with Gasteiger partial charge in [-0.25, -0.2) is 0 Å². The van der Waals surface area contributed by atoms with E-state index in [4.69, 9.17) is 0 Å². The summed E-state index contributed by atoms with van der Waals surface area (Å²) in [4.78, 5) is 15.3. The van der Waals surface area contributed by atoms with Crippen LogP contribution in [0.5, 0.6) is 0 Å². The number of aliphatic imine (C=N–C) groups is 1. The van der Waals surface area contributed by atoms with Crippen LogP contribution in [0.1, 0.15) is 26.7 Å². The Morgan fingerprint density at radius 3 is 2.81 bits per heavy atom. The number of amidine groups is 1. The summed E-state index contributed by atoms with van der Waals surface area (Å²) in [5.41, 5.74) is 1.99. The molecule has 0 unspecified atom stereocenters. The lowest BCUT2D eigenvalue weighted by Crippen LogP contribution is -2.24. The fraction of sp³-hybridized carbons (Fsp3) is 0.500. The average Bonchev–Trinajstić information content (AvgIpc) is 2.48. The van der Waals surface area contributed by atoms with E-state index in [-0.39, 0.29) is 0 Å². The van der Waals surface area contributed by atoms with Crippen molar-refractivity contribution in [3.63, 3.8) is 0 Å². The molecular formula is C12H18N2OS. The average molecular weight is 238 g/mol. The van der Waals surface area contributed by atoms with Gasteiger partial charge in [-0.15, -0.1) is 11.8 Å². The van der Waals surface area contributed by atoms with Crippen molar-refractivity contribution < 1.29 is 4.79 Å². The number of rotatable bonds is 4. The Kier molecular flexibility index (Phi) is 5.32. The van der Waals surface area contributed by atoms with E-state index in [1.165, 1.54) is 5.57 Å². The van der Waals surface area contributed by atoms with Crippen molar-refractivity contribution in [1.29, 1.82) is 0 Å². The molecule has 0 aromatic rings. The molecule has 0 atom stereocenters. The molecule has 4 heteroatoms. The van der Waals surface area contributed by atoms with E-state index in [1.54, 1.807) is 11.8 Å². The molecule has 1 rings (SSSR count). The number of hydrogen-bond acceptors (Lipinski definition) is 3. The summed E-state index contributed by atoms with van der Waals surface area (Å²) in [7, 11) is 0. The van der Waals surface area contributed by atoms with Gasteiger partial charge >= 0.3 is 0 Å². The molecule has 1 aliphatic heterocycles. The predicted molar refractivity (Wildman–Crippen MR) is 70.7 cm³/mol. The minimum atomic E-state index is 0.664. The van der Waals surface area contributed by atoms with Gasteiger partial charge in [-0.1, -0.05) is 13.0 Å². The molecule has 16 heavy (non-hydrogen) atoms. The van der Waals surface area contributed by atoms with Gasteiger partial charge in [0.05, 0.1) is 10.6 Å². The highest BCUT2D eigenvalue weighted by molar-refractivity contribution is 8.02. The van der Waals surface area contributed by atoms with Gasteiger partial charge in [-0.2, -0.15) is 0 Å². The maximum Gasteiger partial charge on any atom is 0.153 e. The third kappa shape index (κ3) is 2.98. The van der Waals surface area contributed by atoms with Crippen molar-refractivity contribution in [3.05, 3.63) is 22.3 Å². The Morgan fingerprint density at radius 2 is 2.31 bits per heavy atom. The van der Waals surface area contributed by atoms with E-state index in [2.05, 4.69) is 17.2 Å². The fourth-order valence-electron chi connectivity index (χ4n) is 1.58. The molecule has 0 bridgehead atoms. The van der Waals surface area contributed by atoms with Crippen LogP contribution in [0.4, 0.5) is 0 Å². The fourth-order valence-corrected chi connectivity index (χ4v) is 2.30.